The Morgan fingerprint density at radius 3 is 2.58 bits per heavy atom. The number of pyridine rings is 1. The van der Waals surface area contributed by atoms with Crippen molar-refractivity contribution in [1.82, 2.24) is 24.3 Å². The minimum Gasteiger partial charge on any atom is -0.444 e. The highest BCUT2D eigenvalue weighted by Gasteiger charge is 2.33. The van der Waals surface area contributed by atoms with E-state index in [1.54, 1.807) is 18.0 Å². The number of hydrogen-bond acceptors (Lipinski definition) is 5. The quantitative estimate of drug-likeness (QED) is 0.333. The number of halogens is 1. The van der Waals surface area contributed by atoms with Crippen molar-refractivity contribution in [3.8, 4) is 5.69 Å². The van der Waals surface area contributed by atoms with Crippen molar-refractivity contribution in [3.05, 3.63) is 59.3 Å². The fourth-order valence-electron chi connectivity index (χ4n) is 6.45. The van der Waals surface area contributed by atoms with E-state index in [9.17, 15) is 14.0 Å². The minimum absolute atomic E-state index is 0.0138. The molecule has 2 aliphatic heterocycles. The molecule has 0 radical (unpaired) electrons. The molecule has 2 aromatic heterocycles. The lowest BCUT2D eigenvalue weighted by Gasteiger charge is -2.43. The zero-order chi connectivity index (χ0) is 31.1. The molecule has 2 aliphatic rings. The number of carbonyl (C=O) groups excluding carboxylic acids is 2. The number of aromatic nitrogens is 2. The van der Waals surface area contributed by atoms with Crippen LogP contribution in [-0.2, 0) is 11.2 Å². The molecule has 1 atom stereocenters. The Balaban J connectivity index is 1.30. The molecule has 0 N–H and O–H groups in total. The van der Waals surface area contributed by atoms with Gasteiger partial charge in [0, 0.05) is 63.6 Å². The van der Waals surface area contributed by atoms with Gasteiger partial charge in [0.2, 0.25) is 0 Å². The molecule has 1 unspecified atom stereocenters. The van der Waals surface area contributed by atoms with Gasteiger partial charge in [0.25, 0.3) is 5.91 Å². The van der Waals surface area contributed by atoms with Crippen molar-refractivity contribution >= 4 is 22.9 Å². The summed E-state index contributed by atoms with van der Waals surface area (Å²) >= 11 is 0. The standard InChI is InChI=1S/C34H46FN5O3/c1-22(2)37(7)32(41)28-14-27(35)10-11-29(28)40-21-26(31-23(3)15-36-16-30(31)40)13-25-18-38(19-25)17-24-9-8-12-39(20-24)33(42)43-34(4,5)6/h10-11,14-16,21-22,24-25H,8-9,12-13,17-20H2,1-7H3. The molecule has 4 heterocycles. The van der Waals surface area contributed by atoms with Crippen molar-refractivity contribution in [1.29, 1.82) is 0 Å². The summed E-state index contributed by atoms with van der Waals surface area (Å²) in [4.78, 5) is 36.5. The van der Waals surface area contributed by atoms with Crippen LogP contribution in [0.5, 0.6) is 0 Å². The first-order valence-corrected chi connectivity index (χ1v) is 15.5. The lowest BCUT2D eigenvalue weighted by Crippen LogP contribution is -2.52. The highest BCUT2D eigenvalue weighted by Crippen LogP contribution is 2.33. The molecule has 0 spiro atoms. The van der Waals surface area contributed by atoms with E-state index in [0.717, 1.165) is 68.5 Å². The molecule has 5 rings (SSSR count). The van der Waals surface area contributed by atoms with Crippen LogP contribution in [0.25, 0.3) is 16.6 Å². The van der Waals surface area contributed by atoms with Crippen LogP contribution in [0.1, 0.15) is 68.9 Å². The maximum atomic E-state index is 14.4. The van der Waals surface area contributed by atoms with Crippen LogP contribution in [0.15, 0.2) is 36.8 Å². The normalized spacial score (nSPS) is 18.3. The second-order valence-electron chi connectivity index (χ2n) is 13.8. The number of piperidine rings is 1. The largest absolute Gasteiger partial charge is 0.444 e. The van der Waals surface area contributed by atoms with Gasteiger partial charge in [-0.25, -0.2) is 9.18 Å². The molecule has 2 fully saturated rings. The van der Waals surface area contributed by atoms with Crippen molar-refractivity contribution in [2.45, 2.75) is 72.4 Å². The molecular weight excluding hydrogens is 545 g/mol. The number of hydrogen-bond donors (Lipinski definition) is 0. The van der Waals surface area contributed by atoms with Gasteiger partial charge in [0.1, 0.15) is 11.4 Å². The first-order chi connectivity index (χ1) is 20.3. The predicted molar refractivity (Wildman–Crippen MR) is 167 cm³/mol. The second-order valence-corrected chi connectivity index (χ2v) is 13.8. The molecule has 0 aliphatic carbocycles. The van der Waals surface area contributed by atoms with Crippen LogP contribution in [-0.4, -0.2) is 87.7 Å². The highest BCUT2D eigenvalue weighted by molar-refractivity contribution is 5.99. The molecule has 2 amide bonds. The van der Waals surface area contributed by atoms with E-state index in [1.807, 2.05) is 56.5 Å². The van der Waals surface area contributed by atoms with Crippen LogP contribution < -0.4 is 0 Å². The summed E-state index contributed by atoms with van der Waals surface area (Å²) in [6.07, 6.45) is 8.67. The van der Waals surface area contributed by atoms with Crippen molar-refractivity contribution < 1.29 is 18.7 Å². The lowest BCUT2D eigenvalue weighted by atomic mass is 9.89. The van der Waals surface area contributed by atoms with Crippen molar-refractivity contribution in [2.24, 2.45) is 11.8 Å². The van der Waals surface area contributed by atoms with Gasteiger partial charge in [0.05, 0.1) is 23.0 Å². The zero-order valence-corrected chi connectivity index (χ0v) is 26.7. The average molecular weight is 592 g/mol. The van der Waals surface area contributed by atoms with Crippen LogP contribution >= 0.6 is 0 Å². The maximum Gasteiger partial charge on any atom is 0.410 e. The fourth-order valence-corrected chi connectivity index (χ4v) is 6.45. The molecule has 9 heteroatoms. The minimum atomic E-state index is -0.482. The van der Waals surface area contributed by atoms with Crippen molar-refractivity contribution in [3.63, 3.8) is 0 Å². The molecule has 1 aromatic carbocycles. The van der Waals surface area contributed by atoms with Crippen LogP contribution in [0.4, 0.5) is 9.18 Å². The van der Waals surface area contributed by atoms with Crippen LogP contribution in [0, 0.1) is 24.6 Å². The van der Waals surface area contributed by atoms with Crippen molar-refractivity contribution in [2.75, 3.05) is 39.8 Å². The summed E-state index contributed by atoms with van der Waals surface area (Å²) in [7, 11) is 1.75. The third kappa shape index (κ3) is 6.87. The summed E-state index contributed by atoms with van der Waals surface area (Å²) in [5.41, 5.74) is 3.73. The summed E-state index contributed by atoms with van der Waals surface area (Å²) in [5.74, 6) is 0.322. The topological polar surface area (TPSA) is 70.9 Å². The van der Waals surface area contributed by atoms with E-state index in [4.69, 9.17) is 4.74 Å². The number of aryl methyl sites for hydroxylation is 1. The van der Waals surface area contributed by atoms with E-state index in [1.165, 1.54) is 17.7 Å². The van der Waals surface area contributed by atoms with E-state index in [-0.39, 0.29) is 18.0 Å². The number of amides is 2. The molecule has 2 saturated heterocycles. The van der Waals surface area contributed by atoms with Gasteiger partial charge < -0.3 is 24.0 Å². The van der Waals surface area contributed by atoms with E-state index in [2.05, 4.69) is 23.0 Å². The van der Waals surface area contributed by atoms with Gasteiger partial charge in [0.15, 0.2) is 0 Å². The Bertz CT molecular complexity index is 1490. The average Bonchev–Trinajstić information content (AvgIpc) is 3.29. The number of nitrogens with zero attached hydrogens (tertiary/aromatic N) is 5. The molecule has 0 saturated carbocycles. The van der Waals surface area contributed by atoms with Gasteiger partial charge in [-0.05, 0) is 102 Å². The van der Waals surface area contributed by atoms with Gasteiger partial charge in [-0.2, -0.15) is 0 Å². The summed E-state index contributed by atoms with van der Waals surface area (Å²) in [5, 5.41) is 1.15. The monoisotopic (exact) mass is 591 g/mol. The molecule has 3 aromatic rings. The third-order valence-electron chi connectivity index (χ3n) is 8.75. The van der Waals surface area contributed by atoms with E-state index in [0.29, 0.717) is 23.1 Å². The Morgan fingerprint density at radius 2 is 1.88 bits per heavy atom. The number of ether oxygens (including phenoxy) is 1. The van der Waals surface area contributed by atoms with Gasteiger partial charge >= 0.3 is 6.09 Å². The summed E-state index contributed by atoms with van der Waals surface area (Å²) in [6, 6.07) is 4.43. The Kier molecular flexibility index (Phi) is 8.84. The number of carbonyl (C=O) groups is 2. The predicted octanol–water partition coefficient (Wildman–Crippen LogP) is 6.07. The number of rotatable bonds is 7. The van der Waals surface area contributed by atoms with Gasteiger partial charge in [-0.15, -0.1) is 0 Å². The van der Waals surface area contributed by atoms with Crippen LogP contribution in [0.3, 0.4) is 0 Å². The molecule has 0 bridgehead atoms. The number of benzene rings is 1. The first-order valence-electron chi connectivity index (χ1n) is 15.5. The zero-order valence-electron chi connectivity index (χ0n) is 26.7. The van der Waals surface area contributed by atoms with E-state index >= 15 is 0 Å². The molecule has 8 nitrogen and oxygen atoms in total. The number of fused-ring (bicyclic) bond motifs is 1. The van der Waals surface area contributed by atoms with Crippen LogP contribution in [0.2, 0.25) is 0 Å². The highest BCUT2D eigenvalue weighted by atomic mass is 19.1. The smallest absolute Gasteiger partial charge is 0.410 e. The SMILES string of the molecule is Cc1cncc2c1c(CC1CN(CC3CCCN(C(=O)OC(C)(C)C)C3)C1)cn2-c1ccc(F)cc1C(=O)N(C)C(C)C. The molecule has 232 valence electrons. The number of likely N-dealkylation sites (tertiary alicyclic amines) is 2. The van der Waals surface area contributed by atoms with Gasteiger partial charge in [-0.3, -0.25) is 9.78 Å². The third-order valence-corrected chi connectivity index (χ3v) is 8.75. The fraction of sp³-hybridized carbons (Fsp3) is 0.559. The Morgan fingerprint density at radius 1 is 1.14 bits per heavy atom. The maximum absolute atomic E-state index is 14.4. The summed E-state index contributed by atoms with van der Waals surface area (Å²) in [6.45, 7) is 16.2. The second kappa shape index (κ2) is 12.3. The molecule has 43 heavy (non-hydrogen) atoms. The summed E-state index contributed by atoms with van der Waals surface area (Å²) < 4.78 is 22.0. The lowest BCUT2D eigenvalue weighted by molar-refractivity contribution is 0.00929. The van der Waals surface area contributed by atoms with E-state index < -0.39 is 11.4 Å². The Labute approximate surface area is 254 Å². The Hall–Kier alpha value is -3.46. The molecular formula is C34H46FN5O3. The van der Waals surface area contributed by atoms with Gasteiger partial charge in [-0.1, -0.05) is 0 Å². The first kappa shape index (κ1) is 31.0.